The van der Waals surface area contributed by atoms with Crippen LogP contribution in [0.5, 0.6) is 0 Å². The van der Waals surface area contributed by atoms with Crippen LogP contribution < -0.4 is 16.0 Å². The van der Waals surface area contributed by atoms with E-state index in [1.807, 2.05) is 30.3 Å². The van der Waals surface area contributed by atoms with E-state index < -0.39 is 8.32 Å². The van der Waals surface area contributed by atoms with Crippen molar-refractivity contribution in [1.29, 1.82) is 0 Å². The molecule has 0 unspecified atom stereocenters. The van der Waals surface area contributed by atoms with Crippen molar-refractivity contribution in [3.05, 3.63) is 98.7 Å². The van der Waals surface area contributed by atoms with Gasteiger partial charge in [-0.3, -0.25) is 4.79 Å². The predicted molar refractivity (Wildman–Crippen MR) is 191 cm³/mol. The number of hydrogen-bond donors (Lipinski definition) is 2. The number of halogens is 2. The first-order valence-electron chi connectivity index (χ1n) is 14.8. The molecule has 3 N–H and O–H groups in total. The van der Waals surface area contributed by atoms with E-state index in [9.17, 15) is 4.79 Å². The van der Waals surface area contributed by atoms with Crippen LogP contribution in [-0.2, 0) is 23.0 Å². The maximum absolute atomic E-state index is 14.6. The van der Waals surface area contributed by atoms with Crippen LogP contribution in [0.1, 0.15) is 68.6 Å². The number of rotatable bonds is 9. The van der Waals surface area contributed by atoms with Gasteiger partial charge in [-0.25, -0.2) is 0 Å². The molecule has 0 saturated carbocycles. The molecule has 0 radical (unpaired) electrons. The van der Waals surface area contributed by atoms with E-state index in [2.05, 4.69) is 115 Å². The number of hydrogen-bond acceptors (Lipinski definition) is 7. The number of benzene rings is 3. The van der Waals surface area contributed by atoms with E-state index in [1.165, 1.54) is 5.56 Å². The Morgan fingerprint density at radius 3 is 2.27 bits per heavy atom. The lowest BCUT2D eigenvalue weighted by Gasteiger charge is -2.36. The van der Waals surface area contributed by atoms with Gasteiger partial charge in [0.1, 0.15) is 0 Å². The Morgan fingerprint density at radius 2 is 1.64 bits per heavy atom. The summed E-state index contributed by atoms with van der Waals surface area (Å²) in [5.74, 6) is -0.105. The third-order valence-electron chi connectivity index (χ3n) is 8.12. The van der Waals surface area contributed by atoms with Crippen molar-refractivity contribution in [2.75, 3.05) is 16.0 Å². The standard InChI is InChI=1S/C34H42BrClN6O2Si/c1-33(2,3)24-14-12-22(13-15-24)20-42(26-11-9-10-23(18-26)21-44-45(7,8)34(4,5)6)29(43)27-19-25(35)16-17-28(27)38-32-40-30(36)39-31(37)41-32/h9-19H,20-21H2,1-8H3,(H3,37,38,39,40,41). The average Bonchev–Trinajstić information content (AvgIpc) is 2.94. The number of nitrogens with one attached hydrogen (secondary N) is 1. The van der Waals surface area contributed by atoms with Crippen LogP contribution >= 0.6 is 27.5 Å². The molecule has 0 fully saturated rings. The Morgan fingerprint density at radius 1 is 0.956 bits per heavy atom. The highest BCUT2D eigenvalue weighted by atomic mass is 79.9. The van der Waals surface area contributed by atoms with Crippen molar-refractivity contribution in [3.63, 3.8) is 0 Å². The van der Waals surface area contributed by atoms with Crippen LogP contribution in [0.25, 0.3) is 0 Å². The molecule has 1 amide bonds. The lowest BCUT2D eigenvalue weighted by molar-refractivity contribution is 0.0986. The van der Waals surface area contributed by atoms with E-state index in [0.29, 0.717) is 24.4 Å². The first kappa shape index (κ1) is 34.6. The molecule has 1 aromatic heterocycles. The third kappa shape index (κ3) is 8.91. The van der Waals surface area contributed by atoms with Crippen LogP contribution in [0.4, 0.5) is 23.3 Å². The first-order chi connectivity index (χ1) is 20.9. The summed E-state index contributed by atoms with van der Waals surface area (Å²) in [5, 5.41) is 3.15. The number of aromatic nitrogens is 3. The summed E-state index contributed by atoms with van der Waals surface area (Å²) in [6, 6.07) is 21.8. The highest BCUT2D eigenvalue weighted by Crippen LogP contribution is 2.37. The lowest BCUT2D eigenvalue weighted by Crippen LogP contribution is -2.40. The summed E-state index contributed by atoms with van der Waals surface area (Å²) in [5.41, 5.74) is 10.7. The highest BCUT2D eigenvalue weighted by Gasteiger charge is 2.37. The number of amides is 1. The predicted octanol–water partition coefficient (Wildman–Crippen LogP) is 9.28. The van der Waals surface area contributed by atoms with Gasteiger partial charge < -0.3 is 20.4 Å². The van der Waals surface area contributed by atoms with Gasteiger partial charge in [0, 0.05) is 10.2 Å². The summed E-state index contributed by atoms with van der Waals surface area (Å²) in [7, 11) is -1.98. The van der Waals surface area contributed by atoms with Crippen molar-refractivity contribution in [3.8, 4) is 0 Å². The molecule has 0 aliphatic rings. The molecule has 8 nitrogen and oxygen atoms in total. The monoisotopic (exact) mass is 708 g/mol. The average molecular weight is 710 g/mol. The number of nitrogens with two attached hydrogens (primary N) is 1. The largest absolute Gasteiger partial charge is 0.413 e. The molecule has 0 aliphatic heterocycles. The molecule has 0 spiro atoms. The maximum Gasteiger partial charge on any atom is 0.260 e. The molecule has 4 aromatic rings. The van der Waals surface area contributed by atoms with Gasteiger partial charge in [-0.2, -0.15) is 15.0 Å². The Balaban J connectivity index is 1.74. The minimum Gasteiger partial charge on any atom is -0.413 e. The van der Waals surface area contributed by atoms with Gasteiger partial charge in [0.2, 0.25) is 17.2 Å². The summed E-state index contributed by atoms with van der Waals surface area (Å²) in [4.78, 5) is 28.4. The fraction of sp³-hybridized carbons (Fsp3) is 0.353. The van der Waals surface area contributed by atoms with Crippen molar-refractivity contribution in [2.45, 2.75) is 78.2 Å². The normalized spacial score (nSPS) is 12.2. The van der Waals surface area contributed by atoms with Crippen LogP contribution in [0.3, 0.4) is 0 Å². The molecule has 4 rings (SSSR count). The van der Waals surface area contributed by atoms with Gasteiger partial charge in [-0.05, 0) is 82.2 Å². The van der Waals surface area contributed by atoms with Gasteiger partial charge >= 0.3 is 0 Å². The summed E-state index contributed by atoms with van der Waals surface area (Å²) >= 11 is 9.57. The molecule has 11 heteroatoms. The minimum absolute atomic E-state index is 0.0186. The van der Waals surface area contributed by atoms with Crippen LogP contribution in [0, 0.1) is 0 Å². The lowest BCUT2D eigenvalue weighted by atomic mass is 9.87. The van der Waals surface area contributed by atoms with E-state index in [0.717, 1.165) is 21.3 Å². The number of anilines is 4. The van der Waals surface area contributed by atoms with E-state index in [4.69, 9.17) is 21.8 Å². The smallest absolute Gasteiger partial charge is 0.260 e. The van der Waals surface area contributed by atoms with Crippen LogP contribution in [0.2, 0.25) is 23.4 Å². The van der Waals surface area contributed by atoms with Crippen LogP contribution in [-0.4, -0.2) is 29.2 Å². The van der Waals surface area contributed by atoms with Crippen molar-refractivity contribution >= 4 is 65.0 Å². The Bertz CT molecular complexity index is 1650. The zero-order valence-electron chi connectivity index (χ0n) is 27.2. The summed E-state index contributed by atoms with van der Waals surface area (Å²) in [6.07, 6.45) is 0. The molecule has 0 aliphatic carbocycles. The fourth-order valence-corrected chi connectivity index (χ4v) is 5.85. The van der Waals surface area contributed by atoms with Gasteiger partial charge in [0.25, 0.3) is 5.91 Å². The Hall–Kier alpha value is -3.31. The molecule has 45 heavy (non-hydrogen) atoms. The topological polar surface area (TPSA) is 106 Å². The number of nitrogens with zero attached hydrogens (tertiary/aromatic N) is 4. The molecular weight excluding hydrogens is 668 g/mol. The Labute approximate surface area is 281 Å². The second-order valence-corrected chi connectivity index (χ2v) is 19.7. The molecular formula is C34H42BrClN6O2Si. The van der Waals surface area contributed by atoms with Crippen molar-refractivity contribution in [1.82, 2.24) is 15.0 Å². The third-order valence-corrected chi connectivity index (χ3v) is 13.3. The minimum atomic E-state index is -1.98. The summed E-state index contributed by atoms with van der Waals surface area (Å²) < 4.78 is 7.27. The number of nitrogen functional groups attached to an aromatic ring is 1. The maximum atomic E-state index is 14.6. The van der Waals surface area contributed by atoms with Crippen molar-refractivity contribution in [2.24, 2.45) is 0 Å². The Kier molecular flexibility index (Phi) is 10.4. The molecule has 238 valence electrons. The second-order valence-electron chi connectivity index (χ2n) is 13.7. The molecule has 0 saturated heterocycles. The molecule has 0 atom stereocenters. The zero-order chi connectivity index (χ0) is 33.2. The van der Waals surface area contributed by atoms with Gasteiger partial charge in [0.15, 0.2) is 8.32 Å². The van der Waals surface area contributed by atoms with Crippen LogP contribution in [0.15, 0.2) is 71.2 Å². The van der Waals surface area contributed by atoms with E-state index >= 15 is 0 Å². The second kappa shape index (κ2) is 13.6. The first-order valence-corrected chi connectivity index (χ1v) is 18.9. The zero-order valence-corrected chi connectivity index (χ0v) is 30.5. The molecule has 0 bridgehead atoms. The SMILES string of the molecule is CC(C)(C)c1ccc(CN(C(=O)c2cc(Br)ccc2Nc2nc(N)nc(Cl)n2)c2cccc(CO[Si](C)(C)C(C)(C)C)c2)cc1. The van der Waals surface area contributed by atoms with Gasteiger partial charge in [-0.1, -0.05) is 93.9 Å². The molecule has 3 aromatic carbocycles. The van der Waals surface area contributed by atoms with Gasteiger partial charge in [0.05, 0.1) is 24.4 Å². The molecule has 1 heterocycles. The van der Waals surface area contributed by atoms with Gasteiger partial charge in [-0.15, -0.1) is 0 Å². The number of carbonyl (C=O) groups is 1. The highest BCUT2D eigenvalue weighted by molar-refractivity contribution is 9.10. The number of carbonyl (C=O) groups excluding carboxylic acids is 1. The van der Waals surface area contributed by atoms with Crippen molar-refractivity contribution < 1.29 is 9.22 Å². The van der Waals surface area contributed by atoms with E-state index in [-0.39, 0.29) is 33.5 Å². The fourth-order valence-electron chi connectivity index (χ4n) is 4.36. The summed E-state index contributed by atoms with van der Waals surface area (Å²) in [6.45, 7) is 18.5. The quantitative estimate of drug-likeness (QED) is 0.167. The van der Waals surface area contributed by atoms with E-state index in [1.54, 1.807) is 17.0 Å².